The fourth-order valence-electron chi connectivity index (χ4n) is 4.07. The van der Waals surface area contributed by atoms with Crippen molar-refractivity contribution in [3.8, 4) is 17.7 Å². The van der Waals surface area contributed by atoms with Crippen LogP contribution in [0.3, 0.4) is 0 Å². The molecular weight excluding hydrogens is 508 g/mol. The van der Waals surface area contributed by atoms with E-state index in [1.807, 2.05) is 31.1 Å². The van der Waals surface area contributed by atoms with Crippen LogP contribution in [0.25, 0.3) is 0 Å². The Balaban J connectivity index is 1.51. The molecule has 3 N–H and O–H groups in total. The van der Waals surface area contributed by atoms with Gasteiger partial charge in [-0.1, -0.05) is 24.8 Å². The molecule has 1 aliphatic heterocycles. The fraction of sp³-hybridized carbons (Fsp3) is 0.483. The van der Waals surface area contributed by atoms with Gasteiger partial charge in [0.15, 0.2) is 0 Å². The van der Waals surface area contributed by atoms with Crippen molar-refractivity contribution in [2.45, 2.75) is 45.1 Å². The van der Waals surface area contributed by atoms with Crippen LogP contribution in [0.15, 0.2) is 36.7 Å². The van der Waals surface area contributed by atoms with Crippen molar-refractivity contribution in [3.63, 3.8) is 0 Å². The number of carbonyl (C=O) groups is 2. The maximum atomic E-state index is 12.7. The van der Waals surface area contributed by atoms with E-state index >= 15 is 0 Å². The average molecular weight is 549 g/mol. The van der Waals surface area contributed by atoms with Crippen LogP contribution in [0, 0.1) is 11.8 Å². The van der Waals surface area contributed by atoms with Gasteiger partial charge in [0, 0.05) is 56.6 Å². The van der Waals surface area contributed by atoms with Gasteiger partial charge in [0.25, 0.3) is 0 Å². The fourth-order valence-corrected chi connectivity index (χ4v) is 4.07. The predicted molar refractivity (Wildman–Crippen MR) is 156 cm³/mol. The van der Waals surface area contributed by atoms with Gasteiger partial charge in [-0.3, -0.25) is 9.59 Å². The van der Waals surface area contributed by atoms with Crippen LogP contribution in [-0.2, 0) is 9.59 Å². The van der Waals surface area contributed by atoms with Crippen LogP contribution in [0.5, 0.6) is 5.88 Å². The summed E-state index contributed by atoms with van der Waals surface area (Å²) in [6, 6.07) is 3.16. The molecule has 2 aromatic heterocycles. The Morgan fingerprint density at radius 3 is 2.90 bits per heavy atom. The number of likely N-dealkylation sites (tertiary alicyclic amines) is 1. The largest absolute Gasteiger partial charge is 0.481 e. The third kappa shape index (κ3) is 9.54. The number of unbranched alkanes of at least 4 members (excludes halogenated alkanes) is 1. The van der Waals surface area contributed by atoms with E-state index in [-0.39, 0.29) is 11.8 Å². The summed E-state index contributed by atoms with van der Waals surface area (Å²) >= 11 is 0. The van der Waals surface area contributed by atoms with Gasteiger partial charge in [0.05, 0.1) is 18.9 Å². The number of nitrogens with one attached hydrogen (secondary N) is 3. The number of aromatic nitrogens is 3. The third-order valence-electron chi connectivity index (χ3n) is 6.10. The Morgan fingerprint density at radius 1 is 1.27 bits per heavy atom. The molecule has 0 spiro atoms. The number of amides is 2. The first-order valence-electron chi connectivity index (χ1n) is 13.7. The number of hydrogen-bond donors (Lipinski definition) is 3. The molecule has 0 bridgehead atoms. The zero-order valence-corrected chi connectivity index (χ0v) is 23.9. The molecule has 3 heterocycles. The summed E-state index contributed by atoms with van der Waals surface area (Å²) in [5.41, 5.74) is 1.47. The average Bonchev–Trinajstić information content (AvgIpc) is 3.45. The summed E-state index contributed by atoms with van der Waals surface area (Å²) in [4.78, 5) is 42.0. The molecule has 2 amide bonds. The highest BCUT2D eigenvalue weighted by atomic mass is 16.5. The summed E-state index contributed by atoms with van der Waals surface area (Å²) in [6.45, 7) is 4.63. The van der Waals surface area contributed by atoms with Crippen molar-refractivity contribution in [2.24, 2.45) is 0 Å². The van der Waals surface area contributed by atoms with Crippen LogP contribution < -0.4 is 20.7 Å². The number of hydrogen-bond acceptors (Lipinski definition) is 9. The first-order valence-corrected chi connectivity index (χ1v) is 13.7. The lowest BCUT2D eigenvalue weighted by Crippen LogP contribution is -2.45. The zero-order valence-electron chi connectivity index (χ0n) is 23.9. The lowest BCUT2D eigenvalue weighted by molar-refractivity contribution is -0.135. The lowest BCUT2D eigenvalue weighted by atomic mass is 10.2. The minimum atomic E-state index is -0.410. The first kappa shape index (κ1) is 30.4. The van der Waals surface area contributed by atoms with Gasteiger partial charge in [-0.15, -0.1) is 0 Å². The summed E-state index contributed by atoms with van der Waals surface area (Å²) < 4.78 is 5.17. The van der Waals surface area contributed by atoms with Crippen molar-refractivity contribution in [2.75, 3.05) is 58.0 Å². The predicted octanol–water partition coefficient (Wildman–Crippen LogP) is 2.80. The summed E-state index contributed by atoms with van der Waals surface area (Å²) in [6.07, 6.45) is 10.5. The van der Waals surface area contributed by atoms with E-state index in [1.54, 1.807) is 36.5 Å². The van der Waals surface area contributed by atoms with E-state index in [2.05, 4.69) is 49.7 Å². The van der Waals surface area contributed by atoms with Gasteiger partial charge in [-0.25, -0.2) is 9.97 Å². The molecular formula is C29H40N8O3. The first-order chi connectivity index (χ1) is 19.4. The molecule has 0 unspecified atom stereocenters. The Labute approximate surface area is 236 Å². The molecule has 1 atom stereocenters. The SMILES string of the molecule is CCCNc1nc(Nc2ccnc(OC)c2)ncc1C#CCCCNC(=O)[C@@H]1CCCN1C(=O)/C=C/CN(C)C. The standard InChI is InChI=1S/C29H40N8O3/c1-5-15-31-27-22(21-33-29(35-27)34-23-14-17-30-25(20-23)40-4)11-7-6-8-16-32-28(39)24-12-9-19-37(24)26(38)13-10-18-36(2)3/h10,13-14,17,20-21,24H,5-6,8-9,12,15-16,18-19H2,1-4H3,(H,32,39)(H2,30,31,33,34,35)/b13-10+/t24-/m0/s1. The molecule has 11 nitrogen and oxygen atoms in total. The topological polar surface area (TPSA) is 125 Å². The van der Waals surface area contributed by atoms with Crippen molar-refractivity contribution < 1.29 is 14.3 Å². The molecule has 214 valence electrons. The van der Waals surface area contributed by atoms with E-state index < -0.39 is 6.04 Å². The van der Waals surface area contributed by atoms with Gasteiger partial charge in [0.2, 0.25) is 23.6 Å². The maximum absolute atomic E-state index is 12.7. The van der Waals surface area contributed by atoms with Crippen molar-refractivity contribution in [1.82, 2.24) is 30.1 Å². The Kier molecular flexibility index (Phi) is 12.2. The summed E-state index contributed by atoms with van der Waals surface area (Å²) in [7, 11) is 5.45. The lowest BCUT2D eigenvalue weighted by Gasteiger charge is -2.22. The molecule has 1 fully saturated rings. The summed E-state index contributed by atoms with van der Waals surface area (Å²) in [5.74, 6) is 7.69. The monoisotopic (exact) mass is 548 g/mol. The number of methoxy groups -OCH3 is 1. The van der Waals surface area contributed by atoms with E-state index in [0.29, 0.717) is 62.1 Å². The summed E-state index contributed by atoms with van der Waals surface area (Å²) in [5, 5.41) is 9.45. The highest BCUT2D eigenvalue weighted by Crippen LogP contribution is 2.20. The van der Waals surface area contributed by atoms with E-state index in [0.717, 1.165) is 25.1 Å². The van der Waals surface area contributed by atoms with E-state index in [9.17, 15) is 9.59 Å². The number of nitrogens with zero attached hydrogens (tertiary/aromatic N) is 5. The maximum Gasteiger partial charge on any atom is 0.246 e. The minimum Gasteiger partial charge on any atom is -0.481 e. The molecule has 0 aliphatic carbocycles. The molecule has 0 radical (unpaired) electrons. The Bertz CT molecular complexity index is 1220. The van der Waals surface area contributed by atoms with E-state index in [4.69, 9.17) is 4.74 Å². The minimum absolute atomic E-state index is 0.103. The molecule has 1 aliphatic rings. The van der Waals surface area contributed by atoms with Gasteiger partial charge in [-0.05, 0) is 45.8 Å². The van der Waals surface area contributed by atoms with Crippen LogP contribution in [0.2, 0.25) is 0 Å². The number of ether oxygens (including phenoxy) is 1. The molecule has 0 aromatic carbocycles. The highest BCUT2D eigenvalue weighted by molar-refractivity contribution is 5.93. The molecule has 2 aromatic rings. The number of likely N-dealkylation sites (N-methyl/N-ethyl adjacent to an activating group) is 1. The van der Waals surface area contributed by atoms with Crippen molar-refractivity contribution in [3.05, 3.63) is 42.2 Å². The molecule has 1 saturated heterocycles. The van der Waals surface area contributed by atoms with Gasteiger partial charge in [-0.2, -0.15) is 4.98 Å². The number of carbonyl (C=O) groups excluding carboxylic acids is 2. The van der Waals surface area contributed by atoms with Gasteiger partial charge < -0.3 is 30.5 Å². The normalized spacial score (nSPS) is 14.6. The van der Waals surface area contributed by atoms with Crippen LogP contribution >= 0.6 is 0 Å². The second kappa shape index (κ2) is 16.1. The number of rotatable bonds is 13. The van der Waals surface area contributed by atoms with Crippen molar-refractivity contribution in [1.29, 1.82) is 0 Å². The van der Waals surface area contributed by atoms with Crippen LogP contribution in [0.4, 0.5) is 17.5 Å². The van der Waals surface area contributed by atoms with Gasteiger partial charge in [0.1, 0.15) is 11.9 Å². The second-order valence-electron chi connectivity index (χ2n) is 9.65. The molecule has 40 heavy (non-hydrogen) atoms. The number of anilines is 3. The Hall–Kier alpha value is -4.17. The second-order valence-corrected chi connectivity index (χ2v) is 9.65. The quantitative estimate of drug-likeness (QED) is 0.197. The zero-order chi connectivity index (χ0) is 28.7. The highest BCUT2D eigenvalue weighted by Gasteiger charge is 2.32. The van der Waals surface area contributed by atoms with Crippen LogP contribution in [0.1, 0.15) is 44.6 Å². The van der Waals surface area contributed by atoms with Crippen molar-refractivity contribution >= 4 is 29.3 Å². The van der Waals surface area contributed by atoms with Crippen LogP contribution in [-0.4, -0.2) is 90.0 Å². The third-order valence-corrected chi connectivity index (χ3v) is 6.10. The van der Waals surface area contributed by atoms with E-state index in [1.165, 1.54) is 0 Å². The Morgan fingerprint density at radius 2 is 2.12 bits per heavy atom. The smallest absolute Gasteiger partial charge is 0.246 e. The molecule has 0 saturated carbocycles. The molecule has 3 rings (SSSR count). The number of pyridine rings is 1. The molecule has 11 heteroatoms. The van der Waals surface area contributed by atoms with Gasteiger partial charge >= 0.3 is 0 Å².